The summed E-state index contributed by atoms with van der Waals surface area (Å²) in [5, 5.41) is 20.1. The van der Waals surface area contributed by atoms with Crippen LogP contribution in [0.5, 0.6) is 5.75 Å². The standard InChI is InChI=1S/C24H21F2NO3.2H2S/c25-17-5-1-15(2-6-17)22(29)14-13-21-23(16-3-11-20(28)12-4-16)27(24(21)30)19-9-7-18(26)8-10-19;;/h1-12,21-23,28-29H,13-14H2;2*1H2/t21-,22+,23?;;/m1../s1. The molecule has 8 heteroatoms. The van der Waals surface area contributed by atoms with Gasteiger partial charge in [-0.25, -0.2) is 8.78 Å². The molecule has 4 rings (SSSR count). The second-order valence-corrected chi connectivity index (χ2v) is 7.47. The number of anilines is 1. The van der Waals surface area contributed by atoms with E-state index in [4.69, 9.17) is 0 Å². The van der Waals surface area contributed by atoms with Crippen molar-refractivity contribution < 1.29 is 23.8 Å². The minimum absolute atomic E-state index is 0. The number of rotatable bonds is 6. The SMILES string of the molecule is O=C1[C@H](CC[C@H](O)c2ccc(F)cc2)C(c2ccc(O)cc2)N1c1ccc(F)cc1.S.S. The Bertz CT molecular complexity index is 1030. The van der Waals surface area contributed by atoms with E-state index in [0.29, 0.717) is 24.1 Å². The predicted octanol–water partition coefficient (Wildman–Crippen LogP) is 5.11. The minimum Gasteiger partial charge on any atom is -0.508 e. The molecule has 1 saturated heterocycles. The van der Waals surface area contributed by atoms with E-state index in [9.17, 15) is 23.8 Å². The van der Waals surface area contributed by atoms with Crippen LogP contribution < -0.4 is 4.90 Å². The third-order valence-corrected chi connectivity index (χ3v) is 5.56. The molecule has 2 N–H and O–H groups in total. The van der Waals surface area contributed by atoms with Crippen LogP contribution in [0.3, 0.4) is 0 Å². The molecule has 0 radical (unpaired) electrons. The quantitative estimate of drug-likeness (QED) is 0.485. The number of halogens is 2. The number of nitrogens with zero attached hydrogens (tertiary/aromatic N) is 1. The van der Waals surface area contributed by atoms with Crippen molar-refractivity contribution in [2.24, 2.45) is 5.92 Å². The summed E-state index contributed by atoms with van der Waals surface area (Å²) in [6, 6.07) is 17.7. The van der Waals surface area contributed by atoms with E-state index in [1.807, 2.05) is 0 Å². The summed E-state index contributed by atoms with van der Waals surface area (Å²) < 4.78 is 26.4. The van der Waals surface area contributed by atoms with Crippen LogP contribution in [0.25, 0.3) is 0 Å². The van der Waals surface area contributed by atoms with Crippen molar-refractivity contribution in [2.45, 2.75) is 25.0 Å². The summed E-state index contributed by atoms with van der Waals surface area (Å²) in [4.78, 5) is 14.6. The lowest BCUT2D eigenvalue weighted by Crippen LogP contribution is -2.55. The maximum atomic E-state index is 13.3. The first kappa shape index (κ1) is 25.7. The van der Waals surface area contributed by atoms with Crippen LogP contribution >= 0.6 is 27.0 Å². The molecule has 1 aliphatic heterocycles. The number of aliphatic hydroxyl groups is 1. The minimum atomic E-state index is -0.807. The number of aromatic hydroxyl groups is 1. The summed E-state index contributed by atoms with van der Waals surface area (Å²) in [5.41, 5.74) is 2.03. The van der Waals surface area contributed by atoms with Gasteiger partial charge in [-0.15, -0.1) is 0 Å². The molecule has 1 amide bonds. The predicted molar refractivity (Wildman–Crippen MR) is 130 cm³/mol. The fourth-order valence-corrected chi connectivity index (χ4v) is 3.96. The van der Waals surface area contributed by atoms with Crippen molar-refractivity contribution in [3.63, 3.8) is 0 Å². The van der Waals surface area contributed by atoms with Crippen molar-refractivity contribution >= 4 is 38.6 Å². The molecule has 170 valence electrons. The summed E-state index contributed by atoms with van der Waals surface area (Å²) in [5.74, 6) is -1.10. The van der Waals surface area contributed by atoms with Gasteiger partial charge in [0.25, 0.3) is 0 Å². The van der Waals surface area contributed by atoms with Crippen LogP contribution in [0.2, 0.25) is 0 Å². The molecule has 3 aromatic carbocycles. The Morgan fingerprint density at radius 2 is 1.38 bits per heavy atom. The van der Waals surface area contributed by atoms with E-state index in [0.717, 1.165) is 5.56 Å². The van der Waals surface area contributed by atoms with E-state index >= 15 is 0 Å². The number of hydrogen-bond acceptors (Lipinski definition) is 3. The fourth-order valence-electron chi connectivity index (χ4n) is 3.96. The lowest BCUT2D eigenvalue weighted by molar-refractivity contribution is -0.131. The Morgan fingerprint density at radius 3 is 1.94 bits per heavy atom. The van der Waals surface area contributed by atoms with Gasteiger partial charge in [0.2, 0.25) is 5.91 Å². The van der Waals surface area contributed by atoms with Crippen molar-refractivity contribution in [2.75, 3.05) is 4.90 Å². The highest BCUT2D eigenvalue weighted by molar-refractivity contribution is 7.59. The second kappa shape index (κ2) is 10.8. The van der Waals surface area contributed by atoms with Crippen LogP contribution in [0.15, 0.2) is 72.8 Å². The lowest BCUT2D eigenvalue weighted by Gasteiger charge is -2.48. The number of hydrogen-bond donors (Lipinski definition) is 2. The number of benzene rings is 3. The molecular formula is C24H25F2NO3S2. The van der Waals surface area contributed by atoms with Gasteiger partial charge in [0.15, 0.2) is 0 Å². The van der Waals surface area contributed by atoms with Gasteiger partial charge >= 0.3 is 0 Å². The number of carbonyl (C=O) groups is 1. The molecular weight excluding hydrogens is 452 g/mol. The van der Waals surface area contributed by atoms with Crippen molar-refractivity contribution in [3.05, 3.63) is 95.6 Å². The third-order valence-electron chi connectivity index (χ3n) is 5.56. The normalized spacial score (nSPS) is 18.2. The Morgan fingerprint density at radius 1 is 0.844 bits per heavy atom. The number of amides is 1. The zero-order chi connectivity index (χ0) is 21.3. The van der Waals surface area contributed by atoms with Crippen LogP contribution in [-0.4, -0.2) is 16.1 Å². The van der Waals surface area contributed by atoms with Gasteiger partial charge in [-0.3, -0.25) is 4.79 Å². The largest absolute Gasteiger partial charge is 0.508 e. The molecule has 32 heavy (non-hydrogen) atoms. The Kier molecular flexibility index (Phi) is 8.72. The van der Waals surface area contributed by atoms with Crippen molar-refractivity contribution in [3.8, 4) is 5.75 Å². The molecule has 3 aromatic rings. The molecule has 3 atom stereocenters. The first-order valence-corrected chi connectivity index (χ1v) is 9.75. The van der Waals surface area contributed by atoms with Crippen LogP contribution in [-0.2, 0) is 4.79 Å². The van der Waals surface area contributed by atoms with Crippen LogP contribution in [0.4, 0.5) is 14.5 Å². The molecule has 1 fully saturated rings. The van der Waals surface area contributed by atoms with Gasteiger partial charge in [-0.1, -0.05) is 24.3 Å². The first-order valence-electron chi connectivity index (χ1n) is 9.75. The zero-order valence-corrected chi connectivity index (χ0v) is 19.1. The smallest absolute Gasteiger partial charge is 0.233 e. The number of β-lactam (4-membered cyclic amide) rings is 1. The summed E-state index contributed by atoms with van der Waals surface area (Å²) in [6.07, 6.45) is -0.0344. The average molecular weight is 478 g/mol. The maximum absolute atomic E-state index is 13.3. The molecule has 4 nitrogen and oxygen atoms in total. The number of carbonyl (C=O) groups excluding carboxylic acids is 1. The highest BCUT2D eigenvalue weighted by Gasteiger charge is 2.48. The summed E-state index contributed by atoms with van der Waals surface area (Å²) in [7, 11) is 0. The van der Waals surface area contributed by atoms with Gasteiger partial charge in [0.05, 0.1) is 18.1 Å². The van der Waals surface area contributed by atoms with Crippen molar-refractivity contribution in [1.29, 1.82) is 0 Å². The molecule has 1 unspecified atom stereocenters. The molecule has 0 aliphatic carbocycles. The molecule has 0 aromatic heterocycles. The second-order valence-electron chi connectivity index (χ2n) is 7.47. The maximum Gasteiger partial charge on any atom is 0.233 e. The highest BCUT2D eigenvalue weighted by Crippen LogP contribution is 2.46. The third kappa shape index (κ3) is 5.26. The monoisotopic (exact) mass is 477 g/mol. The van der Waals surface area contributed by atoms with Gasteiger partial charge in [-0.05, 0) is 72.5 Å². The Hall–Kier alpha value is -2.55. The number of phenols is 1. The van der Waals surface area contributed by atoms with E-state index in [1.165, 1.54) is 36.4 Å². The van der Waals surface area contributed by atoms with Crippen molar-refractivity contribution in [1.82, 2.24) is 0 Å². The van der Waals surface area contributed by atoms with Crippen LogP contribution in [0.1, 0.15) is 36.1 Å². The molecule has 0 saturated carbocycles. The van der Waals surface area contributed by atoms with E-state index in [2.05, 4.69) is 0 Å². The lowest BCUT2D eigenvalue weighted by atomic mass is 9.78. The van der Waals surface area contributed by atoms with E-state index in [-0.39, 0.29) is 62.2 Å². The number of aliphatic hydroxyl groups excluding tert-OH is 1. The van der Waals surface area contributed by atoms with Gasteiger partial charge in [0.1, 0.15) is 17.4 Å². The first-order chi connectivity index (χ1) is 14.4. The van der Waals surface area contributed by atoms with Gasteiger partial charge < -0.3 is 15.1 Å². The van der Waals surface area contributed by atoms with Gasteiger partial charge in [-0.2, -0.15) is 27.0 Å². The van der Waals surface area contributed by atoms with Crippen LogP contribution in [0, 0.1) is 17.6 Å². The molecule has 0 bridgehead atoms. The van der Waals surface area contributed by atoms with E-state index < -0.39 is 6.10 Å². The highest BCUT2D eigenvalue weighted by atomic mass is 32.1. The summed E-state index contributed by atoms with van der Waals surface area (Å²) >= 11 is 0. The average Bonchev–Trinajstić information content (AvgIpc) is 2.74. The Balaban J connectivity index is 0.00000181. The number of phenolic OH excluding ortho intramolecular Hbond substituents is 1. The molecule has 1 heterocycles. The fraction of sp³-hybridized carbons (Fsp3) is 0.208. The molecule has 1 aliphatic rings. The topological polar surface area (TPSA) is 60.8 Å². The Labute approximate surface area is 199 Å². The molecule has 0 spiro atoms. The van der Waals surface area contributed by atoms with Gasteiger partial charge in [0, 0.05) is 5.69 Å². The summed E-state index contributed by atoms with van der Waals surface area (Å²) in [6.45, 7) is 0. The van der Waals surface area contributed by atoms with E-state index in [1.54, 1.807) is 41.3 Å². The zero-order valence-electron chi connectivity index (χ0n) is 17.1.